The molecule has 0 fully saturated rings. The summed E-state index contributed by atoms with van der Waals surface area (Å²) in [4.78, 5) is 43.9. The minimum atomic E-state index is -0.620. The van der Waals surface area contributed by atoms with Gasteiger partial charge in [0.1, 0.15) is 10.7 Å². The maximum absolute atomic E-state index is 13.0. The maximum atomic E-state index is 13.0. The molecule has 5 rings (SSSR count). The number of hydrogen-bond acceptors (Lipinski definition) is 9. The van der Waals surface area contributed by atoms with Gasteiger partial charge in [-0.05, 0) is 55.0 Å². The summed E-state index contributed by atoms with van der Waals surface area (Å²) in [5, 5.41) is 27.5. The molecule has 1 aliphatic rings. The molecule has 12 heteroatoms. The summed E-state index contributed by atoms with van der Waals surface area (Å²) in [5.41, 5.74) is 3.12. The van der Waals surface area contributed by atoms with E-state index in [0.29, 0.717) is 33.3 Å². The van der Waals surface area contributed by atoms with Crippen LogP contribution < -0.4 is 20.8 Å². The van der Waals surface area contributed by atoms with Gasteiger partial charge < -0.3 is 15.8 Å². The van der Waals surface area contributed by atoms with Gasteiger partial charge in [-0.1, -0.05) is 41.9 Å². The third-order valence-electron chi connectivity index (χ3n) is 5.89. The molecule has 2 heterocycles. The summed E-state index contributed by atoms with van der Waals surface area (Å²) in [6, 6.07) is 19.5. The van der Waals surface area contributed by atoms with Crippen LogP contribution in [0.2, 0.25) is 0 Å². The van der Waals surface area contributed by atoms with Crippen molar-refractivity contribution in [1.82, 2.24) is 4.98 Å². The number of rotatable bonds is 7. The highest BCUT2D eigenvalue weighted by Crippen LogP contribution is 2.32. The van der Waals surface area contributed by atoms with Crippen molar-refractivity contribution >= 4 is 62.9 Å². The molecule has 3 N–H and O–H groups in total. The number of para-hydroxylation sites is 1. The van der Waals surface area contributed by atoms with Crippen molar-refractivity contribution < 1.29 is 19.6 Å². The van der Waals surface area contributed by atoms with Gasteiger partial charge in [-0.3, -0.25) is 24.9 Å². The van der Waals surface area contributed by atoms with E-state index in [0.717, 1.165) is 10.5 Å². The lowest BCUT2D eigenvalue weighted by Gasteiger charge is -2.21. The number of aromatic nitrogens is 1. The number of imide groups is 1. The van der Waals surface area contributed by atoms with Gasteiger partial charge >= 0.3 is 0 Å². The zero-order valence-electron chi connectivity index (χ0n) is 20.2. The number of anilines is 4. The van der Waals surface area contributed by atoms with Crippen molar-refractivity contribution in [3.8, 4) is 11.3 Å². The van der Waals surface area contributed by atoms with E-state index in [4.69, 9.17) is 16.8 Å². The van der Waals surface area contributed by atoms with Crippen LogP contribution in [0.1, 0.15) is 15.9 Å². The minimum Gasteiger partial charge on any atom is -0.733 e. The lowest BCUT2D eigenvalue weighted by molar-refractivity contribution is -0.120. The maximum Gasteiger partial charge on any atom is 0.283 e. The molecule has 0 bridgehead atoms. The fourth-order valence-corrected chi connectivity index (χ4v) is 4.84. The first-order chi connectivity index (χ1) is 18.7. The zero-order valence-corrected chi connectivity index (χ0v) is 21.8. The van der Waals surface area contributed by atoms with Crippen molar-refractivity contribution in [2.24, 2.45) is 0 Å². The Kier molecular flexibility index (Phi) is 7.13. The molecule has 0 saturated heterocycles. The Morgan fingerprint density at radius 2 is 1.79 bits per heavy atom. The normalized spacial score (nSPS) is 13.2. The monoisotopic (exact) mass is 560 g/mol. The number of thiazole rings is 1. The van der Waals surface area contributed by atoms with Crippen LogP contribution in [0.5, 0.6) is 0 Å². The molecule has 0 aliphatic carbocycles. The van der Waals surface area contributed by atoms with Crippen LogP contribution in [0.3, 0.4) is 0 Å². The molecule has 0 spiro atoms. The lowest BCUT2D eigenvalue weighted by Crippen LogP contribution is -2.32. The second-order valence-corrected chi connectivity index (χ2v) is 9.67. The van der Waals surface area contributed by atoms with E-state index in [1.807, 2.05) is 6.07 Å². The predicted molar refractivity (Wildman–Crippen MR) is 150 cm³/mol. The van der Waals surface area contributed by atoms with Crippen LogP contribution in [-0.4, -0.2) is 27.9 Å². The number of amides is 3. The van der Waals surface area contributed by atoms with E-state index in [-0.39, 0.29) is 21.6 Å². The molecular formula is C27H19ClN5O5S-. The Morgan fingerprint density at radius 3 is 2.51 bits per heavy atom. The molecule has 0 atom stereocenters. The van der Waals surface area contributed by atoms with Crippen LogP contribution in [0.4, 0.5) is 22.2 Å². The molecule has 1 aliphatic heterocycles. The molecule has 3 aromatic carbocycles. The van der Waals surface area contributed by atoms with Crippen molar-refractivity contribution in [2.75, 3.05) is 20.8 Å². The molecule has 196 valence electrons. The molecule has 1 aromatic heterocycles. The van der Waals surface area contributed by atoms with Gasteiger partial charge in [-0.2, -0.15) is 0 Å². The van der Waals surface area contributed by atoms with Crippen LogP contribution in [0.15, 0.2) is 88.9 Å². The van der Waals surface area contributed by atoms with Gasteiger partial charge in [0, 0.05) is 22.2 Å². The number of hydrogen-bond donors (Lipinski definition) is 3. The number of nitrogens with one attached hydrogen (secondary N) is 2. The zero-order chi connectivity index (χ0) is 27.7. The summed E-state index contributed by atoms with van der Waals surface area (Å²) in [5.74, 6) is -1.61. The number of aryl methyl sites for hydroxylation is 1. The number of carbonyl (C=O) groups excluding carboxylic acids is 3. The first kappa shape index (κ1) is 26.1. The highest BCUT2D eigenvalue weighted by Gasteiger charge is 2.39. The second kappa shape index (κ2) is 10.7. The van der Waals surface area contributed by atoms with Crippen LogP contribution in [0.25, 0.3) is 11.3 Å². The average molecular weight is 561 g/mol. The Hall–Kier alpha value is -4.55. The van der Waals surface area contributed by atoms with Gasteiger partial charge in [-0.15, -0.1) is 11.3 Å². The van der Waals surface area contributed by atoms with E-state index in [1.54, 1.807) is 66.9 Å². The fraction of sp³-hybridized carbons (Fsp3) is 0.0370. The highest BCUT2D eigenvalue weighted by molar-refractivity contribution is 7.14. The molecule has 0 saturated carbocycles. The molecule has 0 unspecified atom stereocenters. The van der Waals surface area contributed by atoms with Gasteiger partial charge in [0.05, 0.1) is 17.1 Å². The molecule has 39 heavy (non-hydrogen) atoms. The molecule has 0 radical (unpaired) electrons. The number of benzene rings is 3. The standard InChI is InChI=1S/C27H19ClN5O5S/c1-15-5-2-3-8-21(15)32-25(35)22(28)23(26(32)36)29-18-11-9-16(10-12-18)24(34)31-27-30-20(14-39-27)17-6-4-7-19(13-17)33(37)38/h2-14,29,37H,1H3,(H,30,31,34)/q-1. The predicted octanol–water partition coefficient (Wildman–Crippen LogP) is 5.50. The second-order valence-electron chi connectivity index (χ2n) is 8.44. The van der Waals surface area contributed by atoms with Crippen molar-refractivity contribution in [3.05, 3.63) is 105 Å². The van der Waals surface area contributed by atoms with E-state index in [9.17, 15) is 19.6 Å². The quantitative estimate of drug-likeness (QED) is 0.199. The highest BCUT2D eigenvalue weighted by atomic mass is 35.5. The summed E-state index contributed by atoms with van der Waals surface area (Å²) < 4.78 is 0. The van der Waals surface area contributed by atoms with Gasteiger partial charge in [0.25, 0.3) is 17.7 Å². The number of nitrogens with zero attached hydrogens (tertiary/aromatic N) is 3. The fourth-order valence-electron chi connectivity index (χ4n) is 3.91. The third-order valence-corrected chi connectivity index (χ3v) is 7.00. The lowest BCUT2D eigenvalue weighted by atomic mass is 10.1. The molecule has 4 aromatic rings. The van der Waals surface area contributed by atoms with Crippen LogP contribution in [-0.2, 0) is 9.59 Å². The summed E-state index contributed by atoms with van der Waals surface area (Å²) in [6.07, 6.45) is 0. The van der Waals surface area contributed by atoms with Crippen molar-refractivity contribution in [3.63, 3.8) is 0 Å². The SMILES string of the molecule is Cc1ccccc1N1C(=O)C(Cl)=C(Nc2ccc(C(=O)Nc3nc(-c4cccc(N([O-])O)c4)cs3)cc2)C1=O. The number of halogens is 1. The van der Waals surface area contributed by atoms with Crippen LogP contribution in [0, 0.1) is 12.1 Å². The van der Waals surface area contributed by atoms with Crippen LogP contribution >= 0.6 is 22.9 Å². The summed E-state index contributed by atoms with van der Waals surface area (Å²) in [6.45, 7) is 1.79. The Morgan fingerprint density at radius 1 is 1.05 bits per heavy atom. The van der Waals surface area contributed by atoms with E-state index in [2.05, 4.69) is 15.6 Å². The molecule has 10 nitrogen and oxygen atoms in total. The van der Waals surface area contributed by atoms with Gasteiger partial charge in [0.15, 0.2) is 5.13 Å². The minimum absolute atomic E-state index is 0.0530. The summed E-state index contributed by atoms with van der Waals surface area (Å²) in [7, 11) is 0. The number of carbonyl (C=O) groups is 3. The Bertz CT molecular complexity index is 1630. The largest absolute Gasteiger partial charge is 0.733 e. The molecule has 3 amide bonds. The van der Waals surface area contributed by atoms with Crippen molar-refractivity contribution in [1.29, 1.82) is 0 Å². The Balaban J connectivity index is 1.26. The first-order valence-electron chi connectivity index (χ1n) is 11.5. The van der Waals surface area contributed by atoms with Crippen molar-refractivity contribution in [2.45, 2.75) is 6.92 Å². The molecular weight excluding hydrogens is 542 g/mol. The third kappa shape index (κ3) is 5.24. The topological polar surface area (TPSA) is 138 Å². The average Bonchev–Trinajstić information content (AvgIpc) is 3.48. The van der Waals surface area contributed by atoms with E-state index in [1.165, 1.54) is 23.5 Å². The van der Waals surface area contributed by atoms with Gasteiger partial charge in [0.2, 0.25) is 0 Å². The summed E-state index contributed by atoms with van der Waals surface area (Å²) >= 11 is 7.42. The van der Waals surface area contributed by atoms with E-state index < -0.39 is 17.7 Å². The smallest absolute Gasteiger partial charge is 0.283 e. The van der Waals surface area contributed by atoms with E-state index >= 15 is 0 Å². The van der Waals surface area contributed by atoms with Gasteiger partial charge in [-0.25, -0.2) is 9.88 Å². The Labute approximate surface area is 231 Å². The first-order valence-corrected chi connectivity index (χ1v) is 12.7.